The van der Waals surface area contributed by atoms with E-state index in [1.54, 1.807) is 17.1 Å². The van der Waals surface area contributed by atoms with Crippen LogP contribution in [0, 0.1) is 13.8 Å². The van der Waals surface area contributed by atoms with Gasteiger partial charge in [-0.25, -0.2) is 22.8 Å². The van der Waals surface area contributed by atoms with Gasteiger partial charge in [-0.1, -0.05) is 24.3 Å². The molecule has 126 valence electrons. The topological polar surface area (TPSA) is 76.9 Å². The molecule has 2 aromatic heterocycles. The zero-order chi connectivity index (χ0) is 17.2. The van der Waals surface area contributed by atoms with Crippen LogP contribution in [0.1, 0.15) is 20.9 Å². The first-order chi connectivity index (χ1) is 11.4. The molecule has 0 saturated carbocycles. The van der Waals surface area contributed by atoms with E-state index in [9.17, 15) is 8.42 Å². The fourth-order valence-corrected chi connectivity index (χ4v) is 5.04. The summed E-state index contributed by atoms with van der Waals surface area (Å²) in [4.78, 5) is 6.07. The van der Waals surface area contributed by atoms with E-state index < -0.39 is 10.0 Å². The maximum absolute atomic E-state index is 12.5. The van der Waals surface area contributed by atoms with Gasteiger partial charge in [-0.05, 0) is 31.0 Å². The van der Waals surface area contributed by atoms with Gasteiger partial charge in [0, 0.05) is 16.3 Å². The maximum atomic E-state index is 12.5. The van der Waals surface area contributed by atoms with Gasteiger partial charge >= 0.3 is 0 Å². The monoisotopic (exact) mass is 362 g/mol. The molecule has 3 rings (SSSR count). The Morgan fingerprint density at radius 3 is 2.67 bits per heavy atom. The van der Waals surface area contributed by atoms with Gasteiger partial charge in [0.1, 0.15) is 12.7 Å². The summed E-state index contributed by atoms with van der Waals surface area (Å²) in [6.07, 6.45) is 3.14. The predicted octanol–water partition coefficient (Wildman–Crippen LogP) is 2.48. The van der Waals surface area contributed by atoms with Crippen LogP contribution in [0.4, 0.5) is 0 Å². The van der Waals surface area contributed by atoms with E-state index >= 15 is 0 Å². The van der Waals surface area contributed by atoms with Gasteiger partial charge in [-0.2, -0.15) is 5.10 Å². The van der Waals surface area contributed by atoms with E-state index in [4.69, 9.17) is 0 Å². The van der Waals surface area contributed by atoms with E-state index in [1.807, 2.05) is 38.1 Å². The molecule has 0 atom stereocenters. The van der Waals surface area contributed by atoms with Crippen molar-refractivity contribution in [3.63, 3.8) is 0 Å². The van der Waals surface area contributed by atoms with Crippen molar-refractivity contribution in [2.45, 2.75) is 31.8 Å². The van der Waals surface area contributed by atoms with Crippen molar-refractivity contribution in [3.8, 4) is 0 Å². The maximum Gasteiger partial charge on any atom is 0.241 e. The molecule has 0 spiro atoms. The summed E-state index contributed by atoms with van der Waals surface area (Å²) in [5, 5.41) is 4.07. The molecule has 8 heteroatoms. The molecule has 0 amide bonds. The van der Waals surface area contributed by atoms with E-state index in [0.717, 1.165) is 20.9 Å². The number of hydrogen-bond acceptors (Lipinski definition) is 5. The van der Waals surface area contributed by atoms with E-state index in [0.29, 0.717) is 11.4 Å². The fraction of sp³-hybridized carbons (Fsp3) is 0.250. The molecule has 0 aliphatic rings. The van der Waals surface area contributed by atoms with Gasteiger partial charge < -0.3 is 0 Å². The number of rotatable bonds is 6. The molecule has 0 aliphatic carbocycles. The van der Waals surface area contributed by atoms with Gasteiger partial charge in [0.05, 0.1) is 11.4 Å². The van der Waals surface area contributed by atoms with Crippen molar-refractivity contribution < 1.29 is 8.42 Å². The first-order valence-corrected chi connectivity index (χ1v) is 9.71. The first kappa shape index (κ1) is 16.8. The van der Waals surface area contributed by atoms with Crippen LogP contribution in [0.15, 0.2) is 47.9 Å². The van der Waals surface area contributed by atoms with Crippen LogP contribution in [0.2, 0.25) is 0 Å². The third-order valence-electron chi connectivity index (χ3n) is 3.55. The predicted molar refractivity (Wildman–Crippen MR) is 93.4 cm³/mol. The van der Waals surface area contributed by atoms with Crippen LogP contribution in [0.3, 0.4) is 0 Å². The molecule has 0 unspecified atom stereocenters. The molecule has 0 bridgehead atoms. The number of sulfonamides is 1. The average molecular weight is 362 g/mol. The third-order valence-corrected chi connectivity index (χ3v) is 6.18. The van der Waals surface area contributed by atoms with Crippen LogP contribution in [0.25, 0.3) is 0 Å². The Morgan fingerprint density at radius 1 is 1.21 bits per heavy atom. The van der Waals surface area contributed by atoms with Crippen molar-refractivity contribution in [1.82, 2.24) is 19.5 Å². The van der Waals surface area contributed by atoms with Crippen molar-refractivity contribution >= 4 is 21.4 Å². The van der Waals surface area contributed by atoms with Crippen LogP contribution in [-0.2, 0) is 23.1 Å². The highest BCUT2D eigenvalue weighted by Crippen LogP contribution is 2.24. The molecule has 24 heavy (non-hydrogen) atoms. The second-order valence-corrected chi connectivity index (χ2v) is 8.71. The van der Waals surface area contributed by atoms with Crippen LogP contribution in [-0.4, -0.2) is 23.2 Å². The minimum atomic E-state index is -3.50. The van der Waals surface area contributed by atoms with Crippen LogP contribution in [0.5, 0.6) is 0 Å². The van der Waals surface area contributed by atoms with Crippen molar-refractivity contribution in [3.05, 3.63) is 63.9 Å². The molecule has 6 nitrogen and oxygen atoms in total. The summed E-state index contributed by atoms with van der Waals surface area (Å²) in [5.74, 6) is 0. The van der Waals surface area contributed by atoms with E-state index in [1.165, 1.54) is 17.7 Å². The summed E-state index contributed by atoms with van der Waals surface area (Å²) >= 11 is 1.49. The van der Waals surface area contributed by atoms with Crippen molar-refractivity contribution in [1.29, 1.82) is 0 Å². The molecule has 2 heterocycles. The summed E-state index contributed by atoms with van der Waals surface area (Å²) in [6, 6.07) is 9.47. The molecule has 1 N–H and O–H groups in total. The normalized spacial score (nSPS) is 11.8. The second kappa shape index (κ2) is 6.84. The Labute approximate surface area is 145 Å². The highest BCUT2D eigenvalue weighted by molar-refractivity contribution is 7.89. The molecular weight excluding hydrogens is 344 g/mol. The Morgan fingerprint density at radius 2 is 2.00 bits per heavy atom. The number of thiophene rings is 1. The average Bonchev–Trinajstić information content (AvgIpc) is 3.15. The molecular formula is C16H18N4O2S2. The lowest BCUT2D eigenvalue weighted by Gasteiger charge is -2.08. The molecule has 0 radical (unpaired) electrons. The number of aromatic nitrogens is 3. The molecule has 0 saturated heterocycles. The van der Waals surface area contributed by atoms with Gasteiger partial charge in [0.25, 0.3) is 0 Å². The molecule has 0 fully saturated rings. The van der Waals surface area contributed by atoms with Gasteiger partial charge in [0.15, 0.2) is 0 Å². The number of hydrogen-bond donors (Lipinski definition) is 1. The smallest absolute Gasteiger partial charge is 0.241 e. The summed E-state index contributed by atoms with van der Waals surface area (Å²) in [5.41, 5.74) is 1.94. The fourth-order valence-electron chi connectivity index (χ4n) is 2.47. The summed E-state index contributed by atoms with van der Waals surface area (Å²) < 4.78 is 29.3. The summed E-state index contributed by atoms with van der Waals surface area (Å²) in [7, 11) is -3.50. The van der Waals surface area contributed by atoms with Crippen molar-refractivity contribution in [2.24, 2.45) is 0 Å². The molecule has 3 aromatic rings. The minimum absolute atomic E-state index is 0.252. The lowest BCUT2D eigenvalue weighted by molar-refractivity contribution is 0.581. The standard InChI is InChI=1S/C16H18N4O2S2/c1-12-6-16(13(2)23-12)24(21,22)19-8-14-4-3-5-15(7-14)9-20-11-17-10-18-20/h3-7,10-11,19H,8-9H2,1-2H3. The third kappa shape index (κ3) is 3.89. The quantitative estimate of drug-likeness (QED) is 0.731. The lowest BCUT2D eigenvalue weighted by atomic mass is 10.1. The first-order valence-electron chi connectivity index (χ1n) is 7.41. The van der Waals surface area contributed by atoms with E-state index in [-0.39, 0.29) is 6.54 Å². The number of aryl methyl sites for hydroxylation is 2. The Bertz CT molecular complexity index is 931. The van der Waals surface area contributed by atoms with Crippen LogP contribution >= 0.6 is 11.3 Å². The highest BCUT2D eigenvalue weighted by atomic mass is 32.2. The minimum Gasteiger partial charge on any atom is -0.249 e. The second-order valence-electron chi connectivity index (χ2n) is 5.52. The van der Waals surface area contributed by atoms with Gasteiger partial charge in [-0.3, -0.25) is 0 Å². The van der Waals surface area contributed by atoms with Crippen molar-refractivity contribution in [2.75, 3.05) is 0 Å². The molecule has 1 aromatic carbocycles. The number of nitrogens with zero attached hydrogens (tertiary/aromatic N) is 3. The largest absolute Gasteiger partial charge is 0.249 e. The summed E-state index contributed by atoms with van der Waals surface area (Å²) in [6.45, 7) is 4.58. The lowest BCUT2D eigenvalue weighted by Crippen LogP contribution is -2.23. The number of benzene rings is 1. The zero-order valence-corrected chi connectivity index (χ0v) is 15.1. The Kier molecular flexibility index (Phi) is 4.79. The van der Waals surface area contributed by atoms with E-state index in [2.05, 4.69) is 14.8 Å². The number of nitrogens with one attached hydrogen (secondary N) is 1. The highest BCUT2D eigenvalue weighted by Gasteiger charge is 2.18. The molecule has 0 aliphatic heterocycles. The Hall–Kier alpha value is -2.03. The van der Waals surface area contributed by atoms with Gasteiger partial charge in [0.2, 0.25) is 10.0 Å². The SMILES string of the molecule is Cc1cc(S(=O)(=O)NCc2cccc(Cn3cncn3)c2)c(C)s1. The Balaban J connectivity index is 1.71. The van der Waals surface area contributed by atoms with Gasteiger partial charge in [-0.15, -0.1) is 11.3 Å². The zero-order valence-electron chi connectivity index (χ0n) is 13.4. The van der Waals surface area contributed by atoms with Crippen LogP contribution < -0.4 is 4.72 Å².